The van der Waals surface area contributed by atoms with Crippen LogP contribution in [0.25, 0.3) is 21.5 Å². The first-order chi connectivity index (χ1) is 12.7. The molecule has 1 amide bonds. The van der Waals surface area contributed by atoms with Crippen molar-refractivity contribution in [3.8, 4) is 17.3 Å². The molecule has 0 aliphatic carbocycles. The van der Waals surface area contributed by atoms with Gasteiger partial charge in [-0.25, -0.2) is 0 Å². The van der Waals surface area contributed by atoms with Crippen molar-refractivity contribution in [1.82, 2.24) is 9.97 Å². The molecule has 29 heavy (non-hydrogen) atoms. The van der Waals surface area contributed by atoms with Crippen molar-refractivity contribution >= 4 is 56.3 Å². The van der Waals surface area contributed by atoms with Gasteiger partial charge in [0.15, 0.2) is 0 Å². The number of hydrogen-bond acceptors (Lipinski definition) is 7. The van der Waals surface area contributed by atoms with E-state index in [1.165, 1.54) is 0 Å². The Balaban J connectivity index is 0.00000210. The SMILES string of the molecule is C.C.C[C@@H](O)[C@@H](C)Oc1nc(-c2ccc(Cl)c(Cl)c2)c2c(N)c(C(N)=O)sc2n1. The van der Waals surface area contributed by atoms with Gasteiger partial charge >= 0.3 is 6.01 Å². The van der Waals surface area contributed by atoms with E-state index in [4.69, 9.17) is 39.4 Å². The van der Waals surface area contributed by atoms with Gasteiger partial charge in [0.1, 0.15) is 15.8 Å². The lowest BCUT2D eigenvalue weighted by Crippen LogP contribution is -2.26. The van der Waals surface area contributed by atoms with Crippen LogP contribution in [0.2, 0.25) is 10.0 Å². The number of benzene rings is 1. The van der Waals surface area contributed by atoms with Gasteiger partial charge in [-0.05, 0) is 26.0 Å². The zero-order valence-corrected chi connectivity index (χ0v) is 16.7. The Hall–Kier alpha value is -2.13. The van der Waals surface area contributed by atoms with Gasteiger partial charge in [0.2, 0.25) is 0 Å². The quantitative estimate of drug-likeness (QED) is 0.505. The lowest BCUT2D eigenvalue weighted by atomic mass is 10.1. The Labute approximate surface area is 183 Å². The van der Waals surface area contributed by atoms with Crippen molar-refractivity contribution in [3.63, 3.8) is 0 Å². The molecule has 10 heteroatoms. The van der Waals surface area contributed by atoms with Crippen LogP contribution in [0, 0.1) is 0 Å². The van der Waals surface area contributed by atoms with Crippen LogP contribution >= 0.6 is 34.5 Å². The fourth-order valence-corrected chi connectivity index (χ4v) is 3.59. The van der Waals surface area contributed by atoms with E-state index in [1.54, 1.807) is 32.0 Å². The van der Waals surface area contributed by atoms with E-state index in [2.05, 4.69) is 9.97 Å². The van der Waals surface area contributed by atoms with Crippen LogP contribution in [-0.2, 0) is 0 Å². The van der Waals surface area contributed by atoms with E-state index in [-0.39, 0.29) is 31.4 Å². The number of aliphatic hydroxyl groups excluding tert-OH is 1. The van der Waals surface area contributed by atoms with Crippen molar-refractivity contribution < 1.29 is 14.6 Å². The van der Waals surface area contributed by atoms with Gasteiger partial charge in [-0.15, -0.1) is 11.3 Å². The third-order valence-electron chi connectivity index (χ3n) is 3.96. The van der Waals surface area contributed by atoms with Gasteiger partial charge in [0.25, 0.3) is 5.91 Å². The van der Waals surface area contributed by atoms with E-state index in [0.717, 1.165) is 11.3 Å². The van der Waals surface area contributed by atoms with Gasteiger partial charge in [-0.3, -0.25) is 4.79 Å². The predicted octanol–water partition coefficient (Wildman–Crippen LogP) is 4.77. The van der Waals surface area contributed by atoms with Crippen molar-refractivity contribution in [3.05, 3.63) is 33.1 Å². The number of primary amides is 1. The van der Waals surface area contributed by atoms with Crippen molar-refractivity contribution in [2.24, 2.45) is 5.73 Å². The fraction of sp³-hybridized carbons (Fsp3) is 0.316. The minimum absolute atomic E-state index is 0. The minimum atomic E-state index is -0.729. The summed E-state index contributed by atoms with van der Waals surface area (Å²) in [6.45, 7) is 3.28. The number of fused-ring (bicyclic) bond motifs is 1. The van der Waals surface area contributed by atoms with Crippen LogP contribution < -0.4 is 16.2 Å². The standard InChI is InChI=1S/C17H16Cl2N4O3S.2CH4/c1-6(24)7(2)26-17-22-13(8-3-4-9(18)10(19)5-8)11-12(20)14(15(21)25)27-16(11)23-17;;/h3-7,24H,20H2,1-2H3,(H2,21,25);2*1H4/t6-,7-;;/m1../s1. The average molecular weight is 459 g/mol. The number of thiophene rings is 1. The number of anilines is 1. The van der Waals surface area contributed by atoms with E-state index < -0.39 is 18.1 Å². The number of aliphatic hydroxyl groups is 1. The number of ether oxygens (including phenoxy) is 1. The summed E-state index contributed by atoms with van der Waals surface area (Å²) in [5, 5.41) is 10.9. The molecule has 2 heterocycles. The molecule has 0 saturated heterocycles. The molecule has 2 aromatic heterocycles. The lowest BCUT2D eigenvalue weighted by Gasteiger charge is -2.16. The monoisotopic (exact) mass is 458 g/mol. The van der Waals surface area contributed by atoms with Crippen molar-refractivity contribution in [2.75, 3.05) is 5.73 Å². The van der Waals surface area contributed by atoms with Gasteiger partial charge in [-0.2, -0.15) is 9.97 Å². The Bertz CT molecular complexity index is 1040. The summed E-state index contributed by atoms with van der Waals surface area (Å²) in [6.07, 6.45) is -1.27. The second kappa shape index (κ2) is 9.58. The number of halogens is 2. The third kappa shape index (κ3) is 4.90. The summed E-state index contributed by atoms with van der Waals surface area (Å²) < 4.78 is 5.63. The number of nitrogens with two attached hydrogens (primary N) is 2. The van der Waals surface area contributed by atoms with Crippen molar-refractivity contribution in [1.29, 1.82) is 0 Å². The van der Waals surface area contributed by atoms with Gasteiger partial charge in [0, 0.05) is 5.56 Å². The van der Waals surface area contributed by atoms with Crippen LogP contribution in [0.1, 0.15) is 38.4 Å². The van der Waals surface area contributed by atoms with Gasteiger partial charge in [0.05, 0.1) is 32.9 Å². The predicted molar refractivity (Wildman–Crippen MR) is 121 cm³/mol. The maximum absolute atomic E-state index is 11.7. The number of carbonyl (C=O) groups is 1. The van der Waals surface area contributed by atoms with Crippen molar-refractivity contribution in [2.45, 2.75) is 40.9 Å². The number of carbonyl (C=O) groups excluding carboxylic acids is 1. The van der Waals surface area contributed by atoms with E-state index in [9.17, 15) is 9.90 Å². The maximum atomic E-state index is 11.7. The fourth-order valence-electron chi connectivity index (χ4n) is 2.36. The molecule has 1 aromatic carbocycles. The first-order valence-electron chi connectivity index (χ1n) is 7.89. The molecule has 158 valence electrons. The van der Waals surface area contributed by atoms with Crippen LogP contribution in [0.15, 0.2) is 18.2 Å². The molecule has 2 atom stereocenters. The molecule has 0 saturated carbocycles. The molecule has 0 radical (unpaired) electrons. The summed E-state index contributed by atoms with van der Waals surface area (Å²) in [5.74, 6) is -0.657. The van der Waals surface area contributed by atoms with Crippen LogP contribution in [-0.4, -0.2) is 33.2 Å². The van der Waals surface area contributed by atoms with E-state index in [1.807, 2.05) is 0 Å². The molecular weight excluding hydrogens is 435 g/mol. The number of rotatable bonds is 5. The zero-order chi connectivity index (χ0) is 19.9. The van der Waals surface area contributed by atoms with Crippen LogP contribution in [0.4, 0.5) is 5.69 Å². The smallest absolute Gasteiger partial charge is 0.318 e. The first kappa shape index (κ1) is 24.9. The summed E-state index contributed by atoms with van der Waals surface area (Å²) in [6, 6.07) is 5.02. The van der Waals surface area contributed by atoms with Crippen LogP contribution in [0.5, 0.6) is 6.01 Å². The van der Waals surface area contributed by atoms with Crippen LogP contribution in [0.3, 0.4) is 0 Å². The van der Waals surface area contributed by atoms with Gasteiger partial charge < -0.3 is 21.3 Å². The first-order valence-corrected chi connectivity index (χ1v) is 9.46. The zero-order valence-electron chi connectivity index (χ0n) is 14.4. The molecule has 0 aliphatic heterocycles. The number of aromatic nitrogens is 2. The molecule has 0 spiro atoms. The highest BCUT2D eigenvalue weighted by Gasteiger charge is 2.23. The Morgan fingerprint density at radius 1 is 1.21 bits per heavy atom. The van der Waals surface area contributed by atoms with E-state index in [0.29, 0.717) is 31.5 Å². The molecule has 0 fully saturated rings. The largest absolute Gasteiger partial charge is 0.458 e. The number of hydrogen-bond donors (Lipinski definition) is 3. The Morgan fingerprint density at radius 2 is 1.86 bits per heavy atom. The number of nitrogen functional groups attached to an aromatic ring is 1. The average Bonchev–Trinajstić information content (AvgIpc) is 2.93. The third-order valence-corrected chi connectivity index (χ3v) is 5.81. The molecule has 7 nitrogen and oxygen atoms in total. The molecule has 3 rings (SSSR count). The number of amides is 1. The number of nitrogens with zero attached hydrogens (tertiary/aromatic N) is 2. The molecule has 5 N–H and O–H groups in total. The highest BCUT2D eigenvalue weighted by Crippen LogP contribution is 2.40. The van der Waals surface area contributed by atoms with E-state index >= 15 is 0 Å². The highest BCUT2D eigenvalue weighted by atomic mass is 35.5. The normalized spacial score (nSPS) is 12.6. The second-order valence-electron chi connectivity index (χ2n) is 5.94. The molecule has 0 aliphatic rings. The molecule has 0 unspecified atom stereocenters. The summed E-state index contributed by atoms with van der Waals surface area (Å²) >= 11 is 13.2. The Morgan fingerprint density at radius 3 is 2.41 bits per heavy atom. The molecular formula is C19H24Cl2N4O3S. The second-order valence-corrected chi connectivity index (χ2v) is 7.75. The summed E-state index contributed by atoms with van der Waals surface area (Å²) in [4.78, 5) is 21.0. The maximum Gasteiger partial charge on any atom is 0.318 e. The highest BCUT2D eigenvalue weighted by molar-refractivity contribution is 7.21. The van der Waals surface area contributed by atoms with Gasteiger partial charge in [-0.1, -0.05) is 44.1 Å². The molecule has 0 bridgehead atoms. The topological polar surface area (TPSA) is 124 Å². The lowest BCUT2D eigenvalue weighted by molar-refractivity contribution is 0.0545. The molecule has 3 aromatic rings. The summed E-state index contributed by atoms with van der Waals surface area (Å²) in [5.41, 5.74) is 12.8. The minimum Gasteiger partial charge on any atom is -0.458 e. The summed E-state index contributed by atoms with van der Waals surface area (Å²) in [7, 11) is 0. The Kier molecular flexibility index (Phi) is 8.23.